The molecule has 0 aromatic heterocycles. The third-order valence-corrected chi connectivity index (χ3v) is 4.18. The average molecular weight is 462 g/mol. The van der Waals surface area contributed by atoms with Gasteiger partial charge in [0.2, 0.25) is 0 Å². The van der Waals surface area contributed by atoms with Crippen molar-refractivity contribution in [3.63, 3.8) is 0 Å². The zero-order chi connectivity index (χ0) is 17.9. The molecule has 0 N–H and O–H groups in total. The molecule has 0 fully saturated rings. The Labute approximate surface area is 145 Å². The van der Waals surface area contributed by atoms with E-state index in [1.807, 2.05) is 0 Å². The fourth-order valence-electron chi connectivity index (χ4n) is 1.25. The Bertz CT molecular complexity index is 487. The quantitative estimate of drug-likeness (QED) is 0.262. The summed E-state index contributed by atoms with van der Waals surface area (Å²) in [4.78, 5) is 0. The van der Waals surface area contributed by atoms with Gasteiger partial charge in [-0.15, -0.1) is 0 Å². The van der Waals surface area contributed by atoms with Crippen molar-refractivity contribution in [2.45, 2.75) is 0 Å². The van der Waals surface area contributed by atoms with Crippen LogP contribution in [-0.4, -0.2) is 0 Å². The van der Waals surface area contributed by atoms with Gasteiger partial charge in [0.25, 0.3) is 0 Å². The van der Waals surface area contributed by atoms with E-state index in [1.165, 1.54) is 24.3 Å². The Hall–Kier alpha value is -0.0465. The van der Waals surface area contributed by atoms with Gasteiger partial charge < -0.3 is 0 Å². The van der Waals surface area contributed by atoms with E-state index in [2.05, 4.69) is 0 Å². The Morgan fingerprint density at radius 1 is 0.565 bits per heavy atom. The number of benzene rings is 2. The van der Waals surface area contributed by atoms with Gasteiger partial charge in [-0.05, 0) is 0 Å². The van der Waals surface area contributed by atoms with Crippen molar-refractivity contribution in [1.29, 1.82) is 0 Å². The Kier molecular flexibility index (Phi) is 11.5. The molecule has 11 heteroatoms. The minimum absolute atomic E-state index is 0.463. The summed E-state index contributed by atoms with van der Waals surface area (Å²) in [6, 6.07) is 13.2. The normalized spacial score (nSPS) is 12.3. The molecule has 0 nitrogen and oxygen atoms in total. The minimum atomic E-state index is -5.53. The molecule has 0 spiro atoms. The van der Waals surface area contributed by atoms with E-state index in [0.717, 1.165) is 24.3 Å². The maximum absolute atomic E-state index is 11.9. The predicted octanol–water partition coefficient (Wildman–Crippen LogP) is 6.81. The molecule has 0 saturated carbocycles. The first-order valence-electron chi connectivity index (χ1n) is 5.69. The van der Waals surface area contributed by atoms with Crippen molar-refractivity contribution in [3.8, 4) is 0 Å². The predicted molar refractivity (Wildman–Crippen MR) is 87.1 cm³/mol. The molecule has 0 amide bonds. The summed E-state index contributed by atoms with van der Waals surface area (Å²) in [6.07, 6.45) is 0. The molecule has 0 aliphatic carbocycles. The van der Waals surface area contributed by atoms with Gasteiger partial charge in [0.05, 0.1) is 0 Å². The second kappa shape index (κ2) is 11.5. The van der Waals surface area contributed by atoms with Crippen LogP contribution >= 0.6 is 36.8 Å². The third-order valence-electron chi connectivity index (χ3n) is 2.20. The fraction of sp³-hybridized carbons (Fsp3) is 0. The molecular weight excluding hydrogens is 450 g/mol. The van der Waals surface area contributed by atoms with Crippen LogP contribution < -0.4 is 10.6 Å². The molecule has 0 aliphatic heterocycles. The number of hydrogen-bond donors (Lipinski definition) is 0. The zero-order valence-corrected chi connectivity index (χ0v) is 15.6. The van der Waals surface area contributed by atoms with Gasteiger partial charge in [-0.25, -0.2) is 0 Å². The van der Waals surface area contributed by atoms with Gasteiger partial charge in [0, 0.05) is 0 Å². The maximum atomic E-state index is 11.9. The monoisotopic (exact) mass is 460 g/mol. The van der Waals surface area contributed by atoms with Crippen LogP contribution in [0.5, 0.6) is 0 Å². The van der Waals surface area contributed by atoms with Crippen molar-refractivity contribution in [3.05, 3.63) is 60.7 Å². The molecule has 23 heavy (non-hydrogen) atoms. The first-order chi connectivity index (χ1) is 10.6. The van der Waals surface area contributed by atoms with Gasteiger partial charge in [-0.1, -0.05) is 0 Å². The molecule has 0 saturated heterocycles. The van der Waals surface area contributed by atoms with Crippen molar-refractivity contribution in [2.75, 3.05) is 0 Å². The van der Waals surface area contributed by atoms with E-state index in [-0.39, 0.29) is 0 Å². The van der Waals surface area contributed by atoms with Gasteiger partial charge in [0.1, 0.15) is 0 Å². The second-order valence-electron chi connectivity index (χ2n) is 3.77. The summed E-state index contributed by atoms with van der Waals surface area (Å²) in [5.41, 5.74) is 0. The van der Waals surface area contributed by atoms with E-state index in [1.54, 1.807) is 12.1 Å². The topological polar surface area (TPSA) is 0 Å². The van der Waals surface area contributed by atoms with Crippen molar-refractivity contribution in [1.82, 2.24) is 0 Å². The molecule has 0 aliphatic rings. The van der Waals surface area contributed by atoms with Crippen molar-refractivity contribution >= 4 is 47.4 Å². The van der Waals surface area contributed by atoms with Crippen molar-refractivity contribution in [2.24, 2.45) is 0 Å². The first kappa shape index (κ1) is 23.0. The fourth-order valence-corrected chi connectivity index (χ4v) is 2.40. The average Bonchev–Trinajstić information content (AvgIpc) is 2.49. The van der Waals surface area contributed by atoms with E-state index in [0.29, 0.717) is 12.7 Å². The van der Waals surface area contributed by atoms with Crippen LogP contribution in [0, 0.1) is 0 Å². The summed E-state index contributed by atoms with van der Waals surface area (Å²) in [7, 11) is -1.66. The number of hydrogen-bond acceptors (Lipinski definition) is 0. The number of rotatable bonds is 2. The van der Waals surface area contributed by atoms with E-state index >= 15 is 0 Å². The summed E-state index contributed by atoms with van der Waals surface area (Å²) >= 11 is 0.569. The van der Waals surface area contributed by atoms with E-state index in [9.17, 15) is 25.2 Å². The summed E-state index contributed by atoms with van der Waals surface area (Å²) < 4.78 is 71.6. The third kappa shape index (κ3) is 11.2. The molecule has 0 atom stereocenters. The second-order valence-corrected chi connectivity index (χ2v) is 8.55. The zero-order valence-electron chi connectivity index (χ0n) is 11.1. The molecule has 2 aromatic carbocycles. The van der Waals surface area contributed by atoms with Crippen LogP contribution in [0.3, 0.4) is 0 Å². The molecular formula is C12H12Cl2F6NiP2. The van der Waals surface area contributed by atoms with Gasteiger partial charge in [-0.2, -0.15) is 0 Å². The van der Waals surface area contributed by atoms with Crippen LogP contribution in [-0.2, 0) is 12.7 Å². The van der Waals surface area contributed by atoms with E-state index < -0.39 is 27.0 Å². The molecule has 0 unspecified atom stereocenters. The summed E-state index contributed by atoms with van der Waals surface area (Å²) in [5, 5.41) is -0.926. The van der Waals surface area contributed by atoms with Crippen LogP contribution in [0.25, 0.3) is 0 Å². The summed E-state index contributed by atoms with van der Waals surface area (Å²) in [5.74, 6) is 0. The van der Waals surface area contributed by atoms with Crippen LogP contribution in [0.2, 0.25) is 0 Å². The molecule has 136 valence electrons. The Morgan fingerprint density at radius 3 is 0.913 bits per heavy atom. The number of halogens is 8. The molecule has 2 rings (SSSR count). The van der Waals surface area contributed by atoms with Gasteiger partial charge in [0.15, 0.2) is 0 Å². The first-order valence-corrected chi connectivity index (χ1v) is 11.7. The van der Waals surface area contributed by atoms with Crippen molar-refractivity contribution < 1.29 is 37.8 Å². The van der Waals surface area contributed by atoms with Gasteiger partial charge >= 0.3 is 146 Å². The van der Waals surface area contributed by atoms with Crippen LogP contribution in [0.1, 0.15) is 0 Å². The Morgan fingerprint density at radius 2 is 0.783 bits per heavy atom. The molecule has 0 radical (unpaired) electrons. The molecule has 0 bridgehead atoms. The Balaban J connectivity index is 0.000000360. The molecule has 2 aromatic rings. The SMILES string of the molecule is F[PH](F)(F)c1ccccc1.F[PH](F)(F)c1ccccc1.[Cl][Ni][Cl]. The molecule has 0 heterocycles. The summed E-state index contributed by atoms with van der Waals surface area (Å²) in [6.45, 7) is 0. The van der Waals surface area contributed by atoms with E-state index in [4.69, 9.17) is 20.4 Å². The van der Waals surface area contributed by atoms with Crippen LogP contribution in [0.4, 0.5) is 25.2 Å². The van der Waals surface area contributed by atoms with Crippen LogP contribution in [0.15, 0.2) is 60.7 Å². The van der Waals surface area contributed by atoms with Gasteiger partial charge in [-0.3, -0.25) is 0 Å². The standard InChI is InChI=1S/2C6H6F3P.2ClH.Ni/c2*7-10(8,9)6-4-2-1-3-5-6;;;/h2*1-5,10H;2*1H;/q;;;;+2/p-2.